The first-order valence-corrected chi connectivity index (χ1v) is 13.0. The van der Waals surface area contributed by atoms with Crippen molar-refractivity contribution in [2.75, 3.05) is 7.11 Å². The quantitative estimate of drug-likeness (QED) is 0.761. The fraction of sp³-hybridized carbons (Fsp3) is 0.538. The molecule has 0 unspecified atom stereocenters. The summed E-state index contributed by atoms with van der Waals surface area (Å²) in [5.74, 6) is 2.40. The largest absolute Gasteiger partial charge is 0.544 e. The predicted molar refractivity (Wildman–Crippen MR) is 80.9 cm³/mol. The van der Waals surface area contributed by atoms with Gasteiger partial charge in [0.25, 0.3) is 0 Å². The van der Waals surface area contributed by atoms with Crippen LogP contribution in [0, 0.1) is 0 Å². The van der Waals surface area contributed by atoms with Gasteiger partial charge in [-0.15, -0.1) is 0 Å². The molecule has 0 amide bonds. The first-order valence-electron chi connectivity index (χ1n) is 6.17. The normalized spacial score (nSPS) is 12.2. The maximum atomic E-state index is 5.98. The topological polar surface area (TPSA) is 27.7 Å². The third-order valence-corrected chi connectivity index (χ3v) is 3.66. The van der Waals surface area contributed by atoms with Gasteiger partial charge in [-0.1, -0.05) is 0 Å². The van der Waals surface area contributed by atoms with E-state index in [0.717, 1.165) is 17.2 Å². The summed E-state index contributed by atoms with van der Waals surface area (Å²) in [7, 11) is -1.55. The summed E-state index contributed by atoms with van der Waals surface area (Å²) in [5.41, 5.74) is 0. The molecule has 1 aromatic rings. The lowest BCUT2D eigenvalue weighted by Gasteiger charge is -2.23. The molecule has 18 heavy (non-hydrogen) atoms. The lowest BCUT2D eigenvalue weighted by Crippen LogP contribution is -2.30. The summed E-state index contributed by atoms with van der Waals surface area (Å²) in [4.78, 5) is 0. The lowest BCUT2D eigenvalue weighted by atomic mass is 10.3. The zero-order chi connectivity index (χ0) is 14.0. The van der Waals surface area contributed by atoms with Crippen LogP contribution in [0.1, 0.15) is 0 Å². The molecule has 0 radical (unpaired) electrons. The highest BCUT2D eigenvalue weighted by Crippen LogP contribution is 2.33. The minimum Gasteiger partial charge on any atom is -0.544 e. The molecule has 102 valence electrons. The van der Waals surface area contributed by atoms with Gasteiger partial charge < -0.3 is 13.6 Å². The van der Waals surface area contributed by atoms with Crippen LogP contribution in [0.15, 0.2) is 18.2 Å². The predicted octanol–water partition coefficient (Wildman–Crippen LogP) is 4.12. The molecule has 0 N–H and O–H groups in total. The van der Waals surface area contributed by atoms with Gasteiger partial charge in [0.1, 0.15) is 11.5 Å². The molecule has 0 spiro atoms. The summed E-state index contributed by atoms with van der Waals surface area (Å²) in [5, 5.41) is 0. The molecule has 0 fully saturated rings. The van der Waals surface area contributed by atoms with Gasteiger partial charge in [0.05, 0.1) is 7.11 Å². The molecule has 3 nitrogen and oxygen atoms in total. The summed E-state index contributed by atoms with van der Waals surface area (Å²) in [6, 6.07) is 5.80. The van der Waals surface area contributed by atoms with Gasteiger partial charge in [0.2, 0.25) is 16.6 Å². The zero-order valence-electron chi connectivity index (χ0n) is 12.5. The first-order chi connectivity index (χ1) is 8.11. The Morgan fingerprint density at radius 2 is 1.33 bits per heavy atom. The highest BCUT2D eigenvalue weighted by Gasteiger charge is 2.20. The van der Waals surface area contributed by atoms with Crippen LogP contribution >= 0.6 is 0 Å². The highest BCUT2D eigenvalue weighted by molar-refractivity contribution is 6.70. The molecule has 0 bridgehead atoms. The molecule has 0 aromatic heterocycles. The van der Waals surface area contributed by atoms with E-state index >= 15 is 0 Å². The van der Waals surface area contributed by atoms with Gasteiger partial charge in [-0.05, 0) is 51.4 Å². The second kappa shape index (κ2) is 5.36. The minimum absolute atomic E-state index is 0.744. The Hall–Kier alpha value is -0.946. The number of hydrogen-bond acceptors (Lipinski definition) is 3. The second-order valence-electron chi connectivity index (χ2n) is 6.24. The van der Waals surface area contributed by atoms with Crippen molar-refractivity contribution in [1.29, 1.82) is 0 Å². The van der Waals surface area contributed by atoms with E-state index in [2.05, 4.69) is 39.3 Å². The molecule has 1 rings (SSSR count). The van der Waals surface area contributed by atoms with Crippen molar-refractivity contribution < 1.29 is 13.6 Å². The van der Waals surface area contributed by atoms with Crippen molar-refractivity contribution in [3.63, 3.8) is 0 Å². The van der Waals surface area contributed by atoms with E-state index in [-0.39, 0.29) is 0 Å². The maximum Gasteiger partial charge on any atom is 0.242 e. The fourth-order valence-electron chi connectivity index (χ4n) is 1.48. The van der Waals surface area contributed by atoms with Gasteiger partial charge in [0.15, 0.2) is 5.75 Å². The van der Waals surface area contributed by atoms with Crippen LogP contribution in [-0.4, -0.2) is 23.7 Å². The highest BCUT2D eigenvalue weighted by atomic mass is 28.4. The van der Waals surface area contributed by atoms with Crippen molar-refractivity contribution in [3.05, 3.63) is 18.2 Å². The SMILES string of the molecule is COc1cc(O[Si](C)(C)C)ccc1O[Si](C)(C)C. The van der Waals surface area contributed by atoms with Crippen LogP contribution in [0.3, 0.4) is 0 Å². The molecule has 0 heterocycles. The molecule has 1 aromatic carbocycles. The summed E-state index contributed by atoms with van der Waals surface area (Å²) >= 11 is 0. The monoisotopic (exact) mass is 284 g/mol. The molecule has 0 saturated heterocycles. The van der Waals surface area contributed by atoms with Gasteiger partial charge >= 0.3 is 0 Å². The van der Waals surface area contributed by atoms with Crippen LogP contribution in [0.25, 0.3) is 0 Å². The van der Waals surface area contributed by atoms with Crippen molar-refractivity contribution in [3.8, 4) is 17.2 Å². The average Bonchev–Trinajstić information content (AvgIpc) is 2.16. The van der Waals surface area contributed by atoms with Gasteiger partial charge in [-0.3, -0.25) is 0 Å². The minimum atomic E-state index is -1.62. The second-order valence-corrected chi connectivity index (χ2v) is 15.1. The van der Waals surface area contributed by atoms with Crippen molar-refractivity contribution >= 4 is 16.6 Å². The van der Waals surface area contributed by atoms with Gasteiger partial charge in [0, 0.05) is 6.07 Å². The van der Waals surface area contributed by atoms with Gasteiger partial charge in [-0.2, -0.15) is 0 Å². The number of hydrogen-bond donors (Lipinski definition) is 0. The molecule has 0 aliphatic heterocycles. The molecule has 0 atom stereocenters. The molecule has 5 heteroatoms. The van der Waals surface area contributed by atoms with Crippen molar-refractivity contribution in [2.24, 2.45) is 0 Å². The van der Waals surface area contributed by atoms with Crippen molar-refractivity contribution in [1.82, 2.24) is 0 Å². The maximum absolute atomic E-state index is 5.98. The molecular weight excluding hydrogens is 260 g/mol. The molecule has 0 aliphatic rings. The smallest absolute Gasteiger partial charge is 0.242 e. The zero-order valence-corrected chi connectivity index (χ0v) is 14.5. The average molecular weight is 285 g/mol. The Morgan fingerprint density at radius 1 is 0.778 bits per heavy atom. The van der Waals surface area contributed by atoms with E-state index in [1.807, 2.05) is 18.2 Å². The summed E-state index contributed by atoms with van der Waals surface area (Å²) in [6.45, 7) is 12.9. The number of rotatable bonds is 5. The van der Waals surface area contributed by atoms with Crippen LogP contribution < -0.4 is 13.6 Å². The van der Waals surface area contributed by atoms with Crippen molar-refractivity contribution in [2.45, 2.75) is 39.3 Å². The van der Waals surface area contributed by atoms with E-state index in [1.54, 1.807) is 7.11 Å². The lowest BCUT2D eigenvalue weighted by molar-refractivity contribution is 0.389. The molecule has 0 aliphatic carbocycles. The molecule has 0 saturated carbocycles. The summed E-state index contributed by atoms with van der Waals surface area (Å²) in [6.07, 6.45) is 0. The summed E-state index contributed by atoms with van der Waals surface area (Å²) < 4.78 is 17.3. The number of methoxy groups -OCH3 is 1. The Bertz CT molecular complexity index is 406. The number of ether oxygens (including phenoxy) is 1. The first kappa shape index (κ1) is 15.1. The third kappa shape index (κ3) is 5.14. The van der Waals surface area contributed by atoms with E-state index in [1.165, 1.54) is 0 Å². The van der Waals surface area contributed by atoms with E-state index in [4.69, 9.17) is 13.6 Å². The fourth-order valence-corrected chi connectivity index (χ4v) is 3.14. The Kier molecular flexibility index (Phi) is 4.50. The van der Waals surface area contributed by atoms with Crippen LogP contribution in [-0.2, 0) is 0 Å². The van der Waals surface area contributed by atoms with E-state index in [9.17, 15) is 0 Å². The Labute approximate surface area is 112 Å². The number of benzene rings is 1. The van der Waals surface area contributed by atoms with Crippen LogP contribution in [0.2, 0.25) is 39.3 Å². The van der Waals surface area contributed by atoms with Crippen LogP contribution in [0.5, 0.6) is 17.2 Å². The Balaban J connectivity index is 2.97. The third-order valence-electron chi connectivity index (χ3n) is 1.98. The molecular formula is C13H24O3Si2. The Morgan fingerprint density at radius 3 is 1.78 bits per heavy atom. The standard InChI is InChI=1S/C13H24O3Si2/c1-14-13-10-11(15-17(2,3)4)8-9-12(13)16-18(5,6)7/h8-10H,1-7H3. The van der Waals surface area contributed by atoms with E-state index < -0.39 is 16.6 Å². The van der Waals surface area contributed by atoms with Gasteiger partial charge in [-0.25, -0.2) is 0 Å². The van der Waals surface area contributed by atoms with Crippen LogP contribution in [0.4, 0.5) is 0 Å². The van der Waals surface area contributed by atoms with E-state index in [0.29, 0.717) is 0 Å².